The number of hydrogen-bond donors (Lipinski definition) is 1. The van der Waals surface area contributed by atoms with Crippen molar-refractivity contribution in [1.29, 1.82) is 0 Å². The second kappa shape index (κ2) is 9.09. The summed E-state index contributed by atoms with van der Waals surface area (Å²) in [6.45, 7) is 7.92. The predicted octanol–water partition coefficient (Wildman–Crippen LogP) is 4.20. The molecule has 0 saturated heterocycles. The standard InChI is InChI=1S/C21H24N4O3S2/c1-4-22-20-23-24-21(30-20)29-12-17(26)16-9-13(2)25(14(16)3)10-15-11-27-18-7-5-6-8-19(18)28-15/h5-9,15H,4,10-12H2,1-3H3,(H,22,23)/t15-/m0/s1. The van der Waals surface area contributed by atoms with Crippen LogP contribution in [-0.2, 0) is 6.54 Å². The lowest BCUT2D eigenvalue weighted by atomic mass is 10.2. The van der Waals surface area contributed by atoms with Crippen LogP contribution in [-0.4, -0.2) is 45.6 Å². The lowest BCUT2D eigenvalue weighted by molar-refractivity contribution is 0.0777. The van der Waals surface area contributed by atoms with Crippen LogP contribution < -0.4 is 14.8 Å². The monoisotopic (exact) mass is 444 g/mol. The highest BCUT2D eigenvalue weighted by atomic mass is 32.2. The van der Waals surface area contributed by atoms with E-state index in [0.717, 1.165) is 44.5 Å². The summed E-state index contributed by atoms with van der Waals surface area (Å²) in [6.07, 6.45) is -0.104. The Balaban J connectivity index is 1.41. The third-order valence-electron chi connectivity index (χ3n) is 4.89. The predicted molar refractivity (Wildman–Crippen MR) is 119 cm³/mol. The average molecular weight is 445 g/mol. The Morgan fingerprint density at radius 3 is 2.90 bits per heavy atom. The maximum atomic E-state index is 12.8. The van der Waals surface area contributed by atoms with Crippen LogP contribution in [0.5, 0.6) is 11.5 Å². The molecule has 0 aliphatic carbocycles. The van der Waals surface area contributed by atoms with E-state index in [1.807, 2.05) is 51.1 Å². The number of aromatic nitrogens is 3. The zero-order valence-electron chi connectivity index (χ0n) is 17.2. The molecule has 7 nitrogen and oxygen atoms in total. The topological polar surface area (TPSA) is 78.3 Å². The maximum absolute atomic E-state index is 12.8. The molecule has 3 aromatic rings. The smallest absolute Gasteiger partial charge is 0.206 e. The Hall–Kier alpha value is -2.52. The molecule has 3 heterocycles. The molecule has 1 atom stereocenters. The number of benzene rings is 1. The van der Waals surface area contributed by atoms with E-state index >= 15 is 0 Å². The van der Waals surface area contributed by atoms with Crippen molar-refractivity contribution < 1.29 is 14.3 Å². The maximum Gasteiger partial charge on any atom is 0.206 e. The molecule has 4 rings (SSSR count). The number of aryl methyl sites for hydroxylation is 1. The van der Waals surface area contributed by atoms with Gasteiger partial charge in [-0.1, -0.05) is 35.2 Å². The minimum Gasteiger partial charge on any atom is -0.486 e. The van der Waals surface area contributed by atoms with Crippen LogP contribution >= 0.6 is 23.1 Å². The third-order valence-corrected chi connectivity index (χ3v) is 6.90. The normalized spacial score (nSPS) is 15.2. The van der Waals surface area contributed by atoms with Crippen LogP contribution in [0.4, 0.5) is 5.13 Å². The van der Waals surface area contributed by atoms with Gasteiger partial charge in [0.1, 0.15) is 6.61 Å². The minimum absolute atomic E-state index is 0.0886. The molecule has 1 aliphatic rings. The van der Waals surface area contributed by atoms with Gasteiger partial charge in [0.25, 0.3) is 0 Å². The second-order valence-corrected chi connectivity index (χ2v) is 9.21. The molecule has 0 spiro atoms. The summed E-state index contributed by atoms with van der Waals surface area (Å²) < 4.78 is 14.8. The van der Waals surface area contributed by atoms with Gasteiger partial charge in [0.05, 0.1) is 12.3 Å². The van der Waals surface area contributed by atoms with Gasteiger partial charge >= 0.3 is 0 Å². The molecule has 9 heteroatoms. The van der Waals surface area contributed by atoms with Crippen LogP contribution in [0, 0.1) is 13.8 Å². The molecule has 1 aliphatic heterocycles. The fraction of sp³-hybridized carbons (Fsp3) is 0.381. The molecule has 1 aromatic carbocycles. The first-order chi connectivity index (χ1) is 14.5. The molecule has 0 amide bonds. The number of ether oxygens (including phenoxy) is 2. The van der Waals surface area contributed by atoms with Gasteiger partial charge in [-0.3, -0.25) is 4.79 Å². The van der Waals surface area contributed by atoms with E-state index in [-0.39, 0.29) is 11.9 Å². The van der Waals surface area contributed by atoms with Crippen molar-refractivity contribution in [2.24, 2.45) is 0 Å². The number of rotatable bonds is 8. The van der Waals surface area contributed by atoms with Gasteiger partial charge in [0.2, 0.25) is 5.13 Å². The lowest BCUT2D eigenvalue weighted by Gasteiger charge is -2.27. The summed E-state index contributed by atoms with van der Waals surface area (Å²) in [5.41, 5.74) is 2.73. The highest BCUT2D eigenvalue weighted by Gasteiger charge is 2.24. The Morgan fingerprint density at radius 2 is 2.10 bits per heavy atom. The Labute approximate surface area is 183 Å². The zero-order chi connectivity index (χ0) is 21.1. The minimum atomic E-state index is -0.104. The fourth-order valence-electron chi connectivity index (χ4n) is 3.42. The number of thioether (sulfide) groups is 1. The molecule has 0 fully saturated rings. The number of anilines is 1. The first kappa shape index (κ1) is 20.7. The number of ketones is 1. The van der Waals surface area contributed by atoms with E-state index in [1.165, 1.54) is 23.1 Å². The van der Waals surface area contributed by atoms with E-state index in [2.05, 4.69) is 20.1 Å². The van der Waals surface area contributed by atoms with Crippen molar-refractivity contribution in [3.8, 4) is 11.5 Å². The van der Waals surface area contributed by atoms with Crippen LogP contribution in [0.25, 0.3) is 0 Å². The molecule has 2 aromatic heterocycles. The van der Waals surface area contributed by atoms with Gasteiger partial charge in [-0.2, -0.15) is 0 Å². The highest BCUT2D eigenvalue weighted by Crippen LogP contribution is 2.32. The Bertz CT molecular complexity index is 1050. The summed E-state index contributed by atoms with van der Waals surface area (Å²) in [6, 6.07) is 9.65. The van der Waals surface area contributed by atoms with Crippen molar-refractivity contribution in [1.82, 2.24) is 14.8 Å². The van der Waals surface area contributed by atoms with Crippen molar-refractivity contribution in [3.63, 3.8) is 0 Å². The van der Waals surface area contributed by atoms with E-state index in [9.17, 15) is 4.79 Å². The van der Waals surface area contributed by atoms with E-state index < -0.39 is 0 Å². The summed E-state index contributed by atoms with van der Waals surface area (Å²) in [5.74, 6) is 1.96. The largest absolute Gasteiger partial charge is 0.486 e. The molecular weight excluding hydrogens is 420 g/mol. The molecule has 1 N–H and O–H groups in total. The number of fused-ring (bicyclic) bond motifs is 1. The molecule has 30 heavy (non-hydrogen) atoms. The van der Waals surface area contributed by atoms with Crippen molar-refractivity contribution >= 4 is 34.0 Å². The van der Waals surface area contributed by atoms with E-state index in [1.54, 1.807) is 0 Å². The molecule has 0 bridgehead atoms. The lowest BCUT2D eigenvalue weighted by Crippen LogP contribution is -2.33. The molecule has 0 radical (unpaired) electrons. The van der Waals surface area contributed by atoms with Gasteiger partial charge in [0.15, 0.2) is 27.7 Å². The number of para-hydroxylation sites is 2. The average Bonchev–Trinajstić information content (AvgIpc) is 3.31. The quantitative estimate of drug-likeness (QED) is 0.412. The van der Waals surface area contributed by atoms with Crippen LogP contribution in [0.1, 0.15) is 28.7 Å². The van der Waals surface area contributed by atoms with Crippen LogP contribution in [0.3, 0.4) is 0 Å². The fourth-order valence-corrected chi connectivity index (χ4v) is 5.12. The number of nitrogens with one attached hydrogen (secondary N) is 1. The molecule has 0 unspecified atom stereocenters. The van der Waals surface area contributed by atoms with Crippen LogP contribution in [0.2, 0.25) is 0 Å². The first-order valence-corrected chi connectivity index (χ1v) is 11.6. The number of hydrogen-bond acceptors (Lipinski definition) is 8. The van der Waals surface area contributed by atoms with Gasteiger partial charge in [-0.05, 0) is 39.0 Å². The van der Waals surface area contributed by atoms with Gasteiger partial charge in [0, 0.05) is 23.5 Å². The molecule has 158 valence electrons. The highest BCUT2D eigenvalue weighted by molar-refractivity contribution is 8.01. The number of carbonyl (C=O) groups excluding carboxylic acids is 1. The summed E-state index contributed by atoms with van der Waals surface area (Å²) in [7, 11) is 0. The molecule has 0 saturated carbocycles. The third kappa shape index (κ3) is 4.46. The van der Waals surface area contributed by atoms with E-state index in [0.29, 0.717) is 18.9 Å². The SMILES string of the molecule is CCNc1nnc(SCC(=O)c2cc(C)n(C[C@H]3COc4ccccc4O3)c2C)s1. The second-order valence-electron chi connectivity index (χ2n) is 7.01. The Kier molecular flexibility index (Phi) is 6.29. The van der Waals surface area contributed by atoms with Gasteiger partial charge in [-0.15, -0.1) is 10.2 Å². The van der Waals surface area contributed by atoms with Gasteiger partial charge in [-0.25, -0.2) is 0 Å². The number of Topliss-reactive ketones (excluding diaryl/α,β-unsaturated/α-hetero) is 1. The van der Waals surface area contributed by atoms with Crippen molar-refractivity contribution in [2.75, 3.05) is 24.2 Å². The number of carbonyl (C=O) groups is 1. The first-order valence-electron chi connectivity index (χ1n) is 9.83. The summed E-state index contributed by atoms with van der Waals surface area (Å²) >= 11 is 2.89. The molecular formula is C21H24N4O3S2. The number of nitrogens with zero attached hydrogens (tertiary/aromatic N) is 3. The van der Waals surface area contributed by atoms with Crippen molar-refractivity contribution in [2.45, 2.75) is 37.8 Å². The summed E-state index contributed by atoms with van der Waals surface area (Å²) in [5, 5.41) is 12.1. The summed E-state index contributed by atoms with van der Waals surface area (Å²) in [4.78, 5) is 12.8. The Morgan fingerprint density at radius 1 is 1.30 bits per heavy atom. The van der Waals surface area contributed by atoms with Crippen molar-refractivity contribution in [3.05, 3.63) is 47.3 Å². The van der Waals surface area contributed by atoms with E-state index in [4.69, 9.17) is 9.47 Å². The van der Waals surface area contributed by atoms with Gasteiger partial charge < -0.3 is 19.4 Å². The van der Waals surface area contributed by atoms with Crippen LogP contribution in [0.15, 0.2) is 34.7 Å². The zero-order valence-corrected chi connectivity index (χ0v) is 18.8.